The molecule has 3 aliphatic heterocycles. The number of likely N-dealkylation sites (tertiary alicyclic amines) is 1. The Morgan fingerprint density at radius 2 is 1.96 bits per heavy atom. The Morgan fingerprint density at radius 1 is 1.20 bits per heavy atom. The van der Waals surface area contributed by atoms with Crippen LogP contribution in [0.4, 0.5) is 5.69 Å². The maximum absolute atomic E-state index is 15.0. The number of carbonyl (C=O) groups is 3. The van der Waals surface area contributed by atoms with Gasteiger partial charge in [0.25, 0.3) is 5.91 Å². The number of allylic oxidation sites excluding steroid dienone is 1. The van der Waals surface area contributed by atoms with Gasteiger partial charge in [0.2, 0.25) is 5.91 Å². The molecule has 3 aliphatic rings. The third-order valence-corrected chi connectivity index (χ3v) is 10.4. The van der Waals surface area contributed by atoms with Gasteiger partial charge in [-0.05, 0) is 56.2 Å². The molecule has 0 aliphatic carbocycles. The number of nitrogens with zero attached hydrogens (tertiary/aromatic N) is 2. The van der Waals surface area contributed by atoms with Gasteiger partial charge in [-0.3, -0.25) is 14.4 Å². The second-order valence-electron chi connectivity index (χ2n) is 12.0. The van der Waals surface area contributed by atoms with E-state index in [1.807, 2.05) is 55.5 Å². The number of esters is 1. The molecule has 2 aromatic carbocycles. The molecule has 240 valence electrons. The van der Waals surface area contributed by atoms with Gasteiger partial charge in [-0.1, -0.05) is 82.1 Å². The van der Waals surface area contributed by atoms with Crippen LogP contribution in [0.1, 0.15) is 36.8 Å². The molecule has 45 heavy (non-hydrogen) atoms. The molecule has 1 spiro atoms. The van der Waals surface area contributed by atoms with Gasteiger partial charge in [-0.2, -0.15) is 0 Å². The first-order chi connectivity index (χ1) is 21.7. The number of para-hydroxylation sites is 1. The van der Waals surface area contributed by atoms with E-state index in [-0.39, 0.29) is 24.6 Å². The zero-order valence-corrected chi connectivity index (χ0v) is 27.8. The topological polar surface area (TPSA) is 96.4 Å². The number of carbonyl (C=O) groups excluding carboxylic acids is 3. The minimum absolute atomic E-state index is 0.127. The second-order valence-corrected chi connectivity index (χ2v) is 13.6. The molecule has 3 fully saturated rings. The number of benzene rings is 2. The molecular formula is C35H40BrClN2O6. The Labute approximate surface area is 278 Å². The number of aryl methyl sites for hydroxylation is 1. The number of alkyl halides is 1. The van der Waals surface area contributed by atoms with Crippen LogP contribution in [0.15, 0.2) is 73.8 Å². The van der Waals surface area contributed by atoms with E-state index >= 15 is 0 Å². The van der Waals surface area contributed by atoms with Crippen LogP contribution >= 0.6 is 27.5 Å². The molecule has 3 saturated heterocycles. The first-order valence-electron chi connectivity index (χ1n) is 15.4. The third-order valence-electron chi connectivity index (χ3n) is 9.23. The summed E-state index contributed by atoms with van der Waals surface area (Å²) in [7, 11) is 0. The molecule has 10 heteroatoms. The highest BCUT2D eigenvalue weighted by Gasteiger charge is 2.77. The lowest BCUT2D eigenvalue weighted by Gasteiger charge is -2.40. The molecule has 0 saturated carbocycles. The summed E-state index contributed by atoms with van der Waals surface area (Å²) in [5, 5.41) is 11.1. The highest BCUT2D eigenvalue weighted by molar-refractivity contribution is 9.09. The zero-order chi connectivity index (χ0) is 32.3. The summed E-state index contributed by atoms with van der Waals surface area (Å²) in [4.78, 5) is 46.0. The van der Waals surface area contributed by atoms with E-state index in [0.29, 0.717) is 30.0 Å². The Morgan fingerprint density at radius 3 is 2.62 bits per heavy atom. The predicted molar refractivity (Wildman–Crippen MR) is 177 cm³/mol. The highest BCUT2D eigenvalue weighted by atomic mass is 79.9. The average molecular weight is 700 g/mol. The van der Waals surface area contributed by atoms with Crippen molar-refractivity contribution in [2.24, 2.45) is 11.8 Å². The van der Waals surface area contributed by atoms with E-state index < -0.39 is 53.4 Å². The van der Waals surface area contributed by atoms with Crippen LogP contribution in [0.3, 0.4) is 0 Å². The van der Waals surface area contributed by atoms with E-state index in [9.17, 15) is 19.5 Å². The summed E-state index contributed by atoms with van der Waals surface area (Å²) in [5.41, 5.74) is 0.865. The summed E-state index contributed by atoms with van der Waals surface area (Å²) in [6.45, 7) is 9.43. The molecule has 5 rings (SSSR count). The minimum Gasteiger partial charge on any atom is -0.465 e. The maximum Gasteiger partial charge on any atom is 0.312 e. The Balaban J connectivity index is 1.58. The molecule has 2 amide bonds. The fourth-order valence-corrected chi connectivity index (χ4v) is 8.61. The molecule has 3 unspecified atom stereocenters. The van der Waals surface area contributed by atoms with E-state index in [1.54, 1.807) is 12.1 Å². The fourth-order valence-electron chi connectivity index (χ4n) is 7.34. The van der Waals surface area contributed by atoms with Crippen LogP contribution in [0.5, 0.6) is 0 Å². The van der Waals surface area contributed by atoms with Gasteiger partial charge in [-0.15, -0.1) is 13.2 Å². The van der Waals surface area contributed by atoms with Gasteiger partial charge in [0.1, 0.15) is 11.6 Å². The summed E-state index contributed by atoms with van der Waals surface area (Å²) >= 11 is 10.4. The molecule has 0 radical (unpaired) electrons. The number of rotatable bonds is 14. The van der Waals surface area contributed by atoms with Crippen LogP contribution in [0.2, 0.25) is 5.02 Å². The number of ether oxygens (including phenoxy) is 2. The maximum atomic E-state index is 15.0. The van der Waals surface area contributed by atoms with Gasteiger partial charge < -0.3 is 24.4 Å². The van der Waals surface area contributed by atoms with Gasteiger partial charge >= 0.3 is 5.97 Å². The summed E-state index contributed by atoms with van der Waals surface area (Å²) in [6.07, 6.45) is 5.74. The van der Waals surface area contributed by atoms with Gasteiger partial charge in [0.05, 0.1) is 47.9 Å². The fraction of sp³-hybridized carbons (Fsp3) is 0.457. The number of amides is 2. The number of hydrogen-bond donors (Lipinski definition) is 1. The molecule has 3 heterocycles. The minimum atomic E-state index is -1.32. The number of aliphatic hydroxyl groups is 1. The molecule has 2 bridgehead atoms. The van der Waals surface area contributed by atoms with Crippen molar-refractivity contribution in [3.05, 3.63) is 90.0 Å². The van der Waals surface area contributed by atoms with Crippen molar-refractivity contribution >= 4 is 51.0 Å². The molecule has 2 aromatic rings. The smallest absolute Gasteiger partial charge is 0.312 e. The van der Waals surface area contributed by atoms with Gasteiger partial charge in [0, 0.05) is 11.4 Å². The van der Waals surface area contributed by atoms with Crippen LogP contribution in [0.25, 0.3) is 0 Å². The number of anilines is 1. The van der Waals surface area contributed by atoms with E-state index in [4.69, 9.17) is 21.1 Å². The van der Waals surface area contributed by atoms with Crippen molar-refractivity contribution in [1.82, 2.24) is 4.90 Å². The lowest BCUT2D eigenvalue weighted by molar-refractivity contribution is -0.155. The largest absolute Gasteiger partial charge is 0.465 e. The standard InChI is InChI=1S/C35H40BrClN2O6/c1-4-6-7-11-18-44-34(43)27-28-32(41)39(24(21-40)19-23-14-9-8-10-15-23)31(35(28)20-25(36)30(27)45-35)33(42)38(17-5-2)29-22(3)13-12-16-26(29)37/h4-5,8-10,12-16,24-25,27-28,30-31,40H,1-2,6-7,11,17-21H2,3H3/t24-,25?,27-,28+,30-,31?,35?/m1/s1. The first kappa shape index (κ1) is 33.4. The summed E-state index contributed by atoms with van der Waals surface area (Å²) in [6, 6.07) is 13.0. The second kappa shape index (κ2) is 14.2. The van der Waals surface area contributed by atoms with Crippen molar-refractivity contribution in [2.75, 3.05) is 24.7 Å². The molecule has 1 N–H and O–H groups in total. The first-order valence-corrected chi connectivity index (χ1v) is 16.7. The van der Waals surface area contributed by atoms with Crippen molar-refractivity contribution in [2.45, 2.75) is 67.6 Å². The van der Waals surface area contributed by atoms with Crippen molar-refractivity contribution in [1.29, 1.82) is 0 Å². The van der Waals surface area contributed by atoms with Crippen LogP contribution in [0, 0.1) is 18.8 Å². The SMILES string of the molecule is C=CCCCCOC(=O)[C@H]1[C@@H]2OC3(CC2Br)C(C(=O)N(CC=C)c2c(C)cccc2Cl)N([C@@H](CO)Cc2ccccc2)C(=O)[C@H]13. The number of aliphatic hydroxyl groups excluding tert-OH is 1. The van der Waals surface area contributed by atoms with Crippen LogP contribution in [-0.4, -0.2) is 76.2 Å². The number of unbranched alkanes of at least 4 members (excludes halogenated alkanes) is 2. The highest BCUT2D eigenvalue weighted by Crippen LogP contribution is 2.61. The molecular weight excluding hydrogens is 660 g/mol. The summed E-state index contributed by atoms with van der Waals surface area (Å²) < 4.78 is 12.4. The summed E-state index contributed by atoms with van der Waals surface area (Å²) in [5.74, 6) is -3.17. The van der Waals surface area contributed by atoms with E-state index in [0.717, 1.165) is 24.0 Å². The quantitative estimate of drug-likeness (QED) is 0.123. The van der Waals surface area contributed by atoms with Crippen molar-refractivity contribution in [3.63, 3.8) is 0 Å². The lowest BCUT2D eigenvalue weighted by Crippen LogP contribution is -2.59. The Bertz CT molecular complexity index is 1420. The van der Waals surface area contributed by atoms with E-state index in [1.165, 1.54) is 9.80 Å². The van der Waals surface area contributed by atoms with Crippen LogP contribution in [-0.2, 0) is 30.3 Å². The van der Waals surface area contributed by atoms with Gasteiger partial charge in [0.15, 0.2) is 0 Å². The molecule has 8 nitrogen and oxygen atoms in total. The van der Waals surface area contributed by atoms with E-state index in [2.05, 4.69) is 29.1 Å². The van der Waals surface area contributed by atoms with Crippen molar-refractivity contribution in [3.8, 4) is 0 Å². The van der Waals surface area contributed by atoms with Crippen molar-refractivity contribution < 1.29 is 29.0 Å². The lowest BCUT2D eigenvalue weighted by atomic mass is 9.70. The van der Waals surface area contributed by atoms with Gasteiger partial charge in [-0.25, -0.2) is 0 Å². The predicted octanol–water partition coefficient (Wildman–Crippen LogP) is 5.42. The van der Waals surface area contributed by atoms with Crippen LogP contribution < -0.4 is 4.90 Å². The monoisotopic (exact) mass is 698 g/mol. The number of halogens is 2. The normalized spacial score (nSPS) is 27.2. The number of fused-ring (bicyclic) bond motifs is 1. The molecule has 0 aromatic heterocycles. The average Bonchev–Trinajstić information content (AvgIpc) is 3.62. The Kier molecular flexibility index (Phi) is 10.5. The number of hydrogen-bond acceptors (Lipinski definition) is 6. The Hall–Kier alpha value is -2.98. The third kappa shape index (κ3) is 6.12. The zero-order valence-electron chi connectivity index (χ0n) is 25.4. The molecule has 7 atom stereocenters.